The third kappa shape index (κ3) is 4.67. The van der Waals surface area contributed by atoms with Crippen LogP contribution in [0, 0.1) is 0 Å². The van der Waals surface area contributed by atoms with Crippen LogP contribution < -0.4 is 10.1 Å². The SMILES string of the molecule is CCCOc1ccccc1C(CCCOC)NC. The van der Waals surface area contributed by atoms with E-state index in [-0.39, 0.29) is 0 Å². The molecule has 0 spiro atoms. The maximum Gasteiger partial charge on any atom is 0.124 e. The number of para-hydroxylation sites is 1. The van der Waals surface area contributed by atoms with Crippen molar-refractivity contribution in [1.82, 2.24) is 5.32 Å². The molecule has 1 unspecified atom stereocenters. The first-order valence-corrected chi connectivity index (χ1v) is 6.71. The van der Waals surface area contributed by atoms with E-state index in [1.807, 2.05) is 19.2 Å². The van der Waals surface area contributed by atoms with Gasteiger partial charge in [-0.3, -0.25) is 0 Å². The lowest BCUT2D eigenvalue weighted by atomic mass is 10.0. The predicted octanol–water partition coefficient (Wildman–Crippen LogP) is 3.16. The van der Waals surface area contributed by atoms with Gasteiger partial charge in [0.2, 0.25) is 0 Å². The van der Waals surface area contributed by atoms with Crippen LogP contribution in [-0.2, 0) is 4.74 Å². The molecule has 0 radical (unpaired) electrons. The molecule has 3 nitrogen and oxygen atoms in total. The zero-order valence-electron chi connectivity index (χ0n) is 11.7. The number of ether oxygens (including phenoxy) is 2. The summed E-state index contributed by atoms with van der Waals surface area (Å²) in [4.78, 5) is 0. The van der Waals surface area contributed by atoms with Crippen LogP contribution in [0.2, 0.25) is 0 Å². The minimum Gasteiger partial charge on any atom is -0.493 e. The van der Waals surface area contributed by atoms with Crippen molar-refractivity contribution >= 4 is 0 Å². The Morgan fingerprint density at radius 2 is 2.00 bits per heavy atom. The van der Waals surface area contributed by atoms with Crippen LogP contribution in [0.15, 0.2) is 24.3 Å². The summed E-state index contributed by atoms with van der Waals surface area (Å²) in [6.07, 6.45) is 3.13. The molecular weight excluding hydrogens is 226 g/mol. The fourth-order valence-corrected chi connectivity index (χ4v) is 2.00. The molecule has 0 bridgehead atoms. The Balaban J connectivity index is 2.70. The van der Waals surface area contributed by atoms with Crippen LogP contribution in [-0.4, -0.2) is 27.4 Å². The van der Waals surface area contributed by atoms with Crippen molar-refractivity contribution in [2.45, 2.75) is 32.2 Å². The van der Waals surface area contributed by atoms with E-state index in [4.69, 9.17) is 9.47 Å². The lowest BCUT2D eigenvalue weighted by molar-refractivity contribution is 0.189. The summed E-state index contributed by atoms with van der Waals surface area (Å²) in [5.74, 6) is 0.996. The highest BCUT2D eigenvalue weighted by atomic mass is 16.5. The maximum absolute atomic E-state index is 5.80. The van der Waals surface area contributed by atoms with Gasteiger partial charge in [0.25, 0.3) is 0 Å². The average molecular weight is 251 g/mol. The van der Waals surface area contributed by atoms with E-state index >= 15 is 0 Å². The second-order valence-electron chi connectivity index (χ2n) is 4.36. The summed E-state index contributed by atoms with van der Waals surface area (Å²) in [6, 6.07) is 8.60. The molecule has 1 aromatic carbocycles. The molecule has 1 aromatic rings. The van der Waals surface area contributed by atoms with Crippen molar-refractivity contribution in [2.75, 3.05) is 27.4 Å². The van der Waals surface area contributed by atoms with Crippen LogP contribution >= 0.6 is 0 Å². The molecule has 0 aliphatic carbocycles. The van der Waals surface area contributed by atoms with Gasteiger partial charge in [0.15, 0.2) is 0 Å². The van der Waals surface area contributed by atoms with Crippen molar-refractivity contribution < 1.29 is 9.47 Å². The lowest BCUT2D eigenvalue weighted by Crippen LogP contribution is -2.18. The lowest BCUT2D eigenvalue weighted by Gasteiger charge is -2.20. The van der Waals surface area contributed by atoms with Gasteiger partial charge < -0.3 is 14.8 Å². The Labute approximate surface area is 110 Å². The fraction of sp³-hybridized carbons (Fsp3) is 0.600. The smallest absolute Gasteiger partial charge is 0.124 e. The third-order valence-electron chi connectivity index (χ3n) is 2.95. The quantitative estimate of drug-likeness (QED) is 0.684. The summed E-state index contributed by atoms with van der Waals surface area (Å²) in [6.45, 7) is 3.69. The van der Waals surface area contributed by atoms with E-state index in [1.54, 1.807) is 7.11 Å². The normalized spacial score (nSPS) is 12.4. The molecule has 0 aromatic heterocycles. The highest BCUT2D eigenvalue weighted by Crippen LogP contribution is 2.27. The highest BCUT2D eigenvalue weighted by molar-refractivity contribution is 5.35. The monoisotopic (exact) mass is 251 g/mol. The second kappa shape index (κ2) is 8.95. The Bertz CT molecular complexity index is 328. The Hall–Kier alpha value is -1.06. The summed E-state index contributed by atoms with van der Waals surface area (Å²) in [5.41, 5.74) is 1.24. The molecule has 1 rings (SSSR count). The molecule has 0 amide bonds. The molecular formula is C15H25NO2. The van der Waals surface area contributed by atoms with Gasteiger partial charge in [0.1, 0.15) is 5.75 Å². The van der Waals surface area contributed by atoms with Crippen LogP contribution in [0.25, 0.3) is 0 Å². The maximum atomic E-state index is 5.80. The first-order chi connectivity index (χ1) is 8.83. The van der Waals surface area contributed by atoms with Gasteiger partial charge in [-0.05, 0) is 32.4 Å². The number of methoxy groups -OCH3 is 1. The minimum atomic E-state index is 0.327. The number of nitrogens with one attached hydrogen (secondary N) is 1. The van der Waals surface area contributed by atoms with E-state index in [2.05, 4.69) is 24.4 Å². The van der Waals surface area contributed by atoms with Crippen LogP contribution in [0.3, 0.4) is 0 Å². The van der Waals surface area contributed by atoms with Gasteiger partial charge in [-0.1, -0.05) is 25.1 Å². The predicted molar refractivity (Wildman–Crippen MR) is 75.1 cm³/mol. The Morgan fingerprint density at radius 3 is 2.67 bits per heavy atom. The molecule has 0 aliphatic rings. The van der Waals surface area contributed by atoms with Gasteiger partial charge in [-0.25, -0.2) is 0 Å². The van der Waals surface area contributed by atoms with E-state index in [0.717, 1.165) is 38.2 Å². The van der Waals surface area contributed by atoms with Crippen molar-refractivity contribution in [2.24, 2.45) is 0 Å². The highest BCUT2D eigenvalue weighted by Gasteiger charge is 2.13. The second-order valence-corrected chi connectivity index (χ2v) is 4.36. The molecule has 1 atom stereocenters. The largest absolute Gasteiger partial charge is 0.493 e. The zero-order valence-corrected chi connectivity index (χ0v) is 11.7. The summed E-state index contributed by atoms with van der Waals surface area (Å²) < 4.78 is 10.9. The molecule has 0 aliphatic heterocycles. The summed E-state index contributed by atoms with van der Waals surface area (Å²) in [7, 11) is 3.74. The molecule has 0 fully saturated rings. The van der Waals surface area contributed by atoms with Crippen molar-refractivity contribution in [1.29, 1.82) is 0 Å². The van der Waals surface area contributed by atoms with Gasteiger partial charge in [0.05, 0.1) is 6.61 Å². The number of rotatable bonds is 9. The number of benzene rings is 1. The molecule has 0 saturated heterocycles. The molecule has 3 heteroatoms. The van der Waals surface area contributed by atoms with Crippen LogP contribution in [0.5, 0.6) is 5.75 Å². The number of hydrogen-bond acceptors (Lipinski definition) is 3. The van der Waals surface area contributed by atoms with E-state index in [1.165, 1.54) is 5.56 Å². The Kier molecular flexibility index (Phi) is 7.46. The standard InChI is InChI=1S/C15H25NO2/c1-4-11-18-15-10-6-5-8-13(15)14(16-2)9-7-12-17-3/h5-6,8,10,14,16H,4,7,9,11-12H2,1-3H3. The molecule has 0 heterocycles. The van der Waals surface area contributed by atoms with Gasteiger partial charge in [-0.15, -0.1) is 0 Å². The average Bonchev–Trinajstić information content (AvgIpc) is 2.42. The molecule has 102 valence electrons. The summed E-state index contributed by atoms with van der Waals surface area (Å²) >= 11 is 0. The third-order valence-corrected chi connectivity index (χ3v) is 2.95. The fourth-order valence-electron chi connectivity index (χ4n) is 2.00. The van der Waals surface area contributed by atoms with Crippen molar-refractivity contribution in [3.8, 4) is 5.75 Å². The molecule has 0 saturated carbocycles. The minimum absolute atomic E-state index is 0.327. The van der Waals surface area contributed by atoms with Gasteiger partial charge in [0, 0.05) is 25.3 Å². The molecule has 18 heavy (non-hydrogen) atoms. The van der Waals surface area contributed by atoms with Crippen LogP contribution in [0.4, 0.5) is 0 Å². The van der Waals surface area contributed by atoms with Crippen LogP contribution in [0.1, 0.15) is 37.8 Å². The number of hydrogen-bond donors (Lipinski definition) is 1. The summed E-state index contributed by atoms with van der Waals surface area (Å²) in [5, 5.41) is 3.36. The van der Waals surface area contributed by atoms with E-state index in [0.29, 0.717) is 6.04 Å². The Morgan fingerprint density at radius 1 is 1.22 bits per heavy atom. The zero-order chi connectivity index (χ0) is 13.2. The first-order valence-electron chi connectivity index (χ1n) is 6.71. The topological polar surface area (TPSA) is 30.5 Å². The van der Waals surface area contributed by atoms with Gasteiger partial charge >= 0.3 is 0 Å². The first kappa shape index (κ1) is 15.0. The van der Waals surface area contributed by atoms with Gasteiger partial charge in [-0.2, -0.15) is 0 Å². The van der Waals surface area contributed by atoms with Crippen molar-refractivity contribution in [3.05, 3.63) is 29.8 Å². The molecule has 1 N–H and O–H groups in total. The van der Waals surface area contributed by atoms with E-state index in [9.17, 15) is 0 Å². The van der Waals surface area contributed by atoms with E-state index < -0.39 is 0 Å². The van der Waals surface area contributed by atoms with Crippen molar-refractivity contribution in [3.63, 3.8) is 0 Å².